The van der Waals surface area contributed by atoms with E-state index in [9.17, 15) is 96.1 Å². The van der Waals surface area contributed by atoms with E-state index in [1.807, 2.05) is 6.92 Å². The maximum atomic E-state index is 16.1. The van der Waals surface area contributed by atoms with Gasteiger partial charge in [0, 0.05) is 6.92 Å². The lowest BCUT2D eigenvalue weighted by atomic mass is 9.33. The number of fused-ring (bicyclic) bond motifs is 7. The molecular formula is C62H96O31. The van der Waals surface area contributed by atoms with Crippen LogP contribution in [-0.4, -0.2) is 285 Å². The third kappa shape index (κ3) is 12.1. The van der Waals surface area contributed by atoms with Crippen LogP contribution in [0, 0.1) is 50.2 Å². The number of aliphatic carboxylic acids is 2. The molecule has 16 N–H and O–H groups in total. The van der Waals surface area contributed by atoms with Gasteiger partial charge >= 0.3 is 23.9 Å². The number of allylic oxidation sites excluding steroid dienone is 2. The molecule has 5 saturated heterocycles. The molecule has 5 aliphatic carbocycles. The van der Waals surface area contributed by atoms with Crippen molar-refractivity contribution >= 4 is 23.9 Å². The van der Waals surface area contributed by atoms with Crippen LogP contribution in [0.3, 0.4) is 0 Å². The number of aliphatic hydroxyl groups is 14. The zero-order valence-corrected chi connectivity index (χ0v) is 53.5. The number of carboxylic acids is 2. The number of carbonyl (C=O) groups is 4. The molecule has 5 aliphatic heterocycles. The average Bonchev–Trinajstić information content (AvgIpc) is 0.673. The highest BCUT2D eigenvalue weighted by atomic mass is 16.8. The smallest absolute Gasteiger partial charge is 0.335 e. The second-order valence-electron chi connectivity index (χ2n) is 29.6. The predicted octanol–water partition coefficient (Wildman–Crippen LogP) is -3.46. The lowest BCUT2D eigenvalue weighted by Crippen LogP contribution is -2.70. The van der Waals surface area contributed by atoms with Gasteiger partial charge in [0.25, 0.3) is 0 Å². The van der Waals surface area contributed by atoms with E-state index in [-0.39, 0.29) is 37.0 Å². The van der Waals surface area contributed by atoms with Crippen molar-refractivity contribution in [2.75, 3.05) is 13.2 Å². The van der Waals surface area contributed by atoms with Gasteiger partial charge in [-0.3, -0.25) is 14.4 Å². The number of carbonyl (C=O) groups excluding carboxylic acids is 2. The minimum atomic E-state index is -2.12. The third-order valence-electron chi connectivity index (χ3n) is 23.8. The molecule has 0 amide bonds. The molecule has 4 saturated carbocycles. The topological polar surface area (TPSA) is 493 Å². The van der Waals surface area contributed by atoms with Gasteiger partial charge in [-0.1, -0.05) is 46.3 Å². The molecule has 0 radical (unpaired) electrons. The van der Waals surface area contributed by atoms with Crippen LogP contribution in [0.4, 0.5) is 0 Å². The fourth-order valence-electron chi connectivity index (χ4n) is 18.3. The zero-order valence-electron chi connectivity index (χ0n) is 53.5. The fourth-order valence-corrected chi connectivity index (χ4v) is 18.3. The van der Waals surface area contributed by atoms with Gasteiger partial charge in [-0.15, -0.1) is 0 Å². The van der Waals surface area contributed by atoms with Crippen molar-refractivity contribution in [2.24, 2.45) is 50.2 Å². The lowest BCUT2D eigenvalue weighted by molar-refractivity contribution is -0.394. The Morgan fingerprint density at radius 1 is 0.527 bits per heavy atom. The van der Waals surface area contributed by atoms with Crippen LogP contribution in [-0.2, 0) is 71.3 Å². The molecule has 10 rings (SSSR count). The van der Waals surface area contributed by atoms with E-state index < -0.39 is 242 Å². The van der Waals surface area contributed by atoms with Crippen molar-refractivity contribution in [3.8, 4) is 0 Å². The van der Waals surface area contributed by atoms with E-state index in [2.05, 4.69) is 33.8 Å². The number of ether oxygens (including phenoxy) is 11. The molecule has 31 heteroatoms. The maximum absolute atomic E-state index is 16.1. The lowest BCUT2D eigenvalue weighted by Gasteiger charge is -2.71. The van der Waals surface area contributed by atoms with Crippen molar-refractivity contribution in [1.82, 2.24) is 0 Å². The molecule has 5 heterocycles. The van der Waals surface area contributed by atoms with Crippen molar-refractivity contribution in [2.45, 2.75) is 286 Å². The van der Waals surface area contributed by atoms with E-state index in [4.69, 9.17) is 52.1 Å². The maximum Gasteiger partial charge on any atom is 0.335 e. The SMILES string of the molecule is CC(=O)O[C@@H]1[C@H](O[C@H]2O[C@H](CO)[C@@H](O)[C@H](O)[C@H]2O)[C@@H](O[C@@H]2O[C@@H](C)[C@H](O)[C@@H](O[C@@H]3O[C@H](CO)[C@@H](O)[C@H](O)[C@H]3O)[C@H]2O)[C@H](OC(=O)[C@]23CCC(C)(C)C[C@H]2C2=CC[C@@H]4[C@@]5(C)C[C@H](O)[C@H](O[C@@H]6O[C@H](C(=O)O)[C@@H](O)[C@H](O)[C@H]6O)[C@@](C)(C(=O)O)[C@H]5CC[C@@]4(C)[C@]2(C)CC3)O[C@@H]1C. The number of carboxylic acid groups (broad SMARTS) is 2. The minimum absolute atomic E-state index is 0.00933. The van der Waals surface area contributed by atoms with Gasteiger partial charge in [0.15, 0.2) is 43.5 Å². The second kappa shape index (κ2) is 26.4. The molecule has 0 aromatic heterocycles. The van der Waals surface area contributed by atoms with Gasteiger partial charge < -0.3 is 134 Å². The summed E-state index contributed by atoms with van der Waals surface area (Å²) < 4.78 is 66.8. The Kier molecular flexibility index (Phi) is 20.6. The summed E-state index contributed by atoms with van der Waals surface area (Å²) >= 11 is 0. The average molecular weight is 1340 g/mol. The number of hydrogen-bond donors (Lipinski definition) is 16. The predicted molar refractivity (Wildman–Crippen MR) is 306 cm³/mol. The molecule has 0 aromatic rings. The summed E-state index contributed by atoms with van der Waals surface area (Å²) in [6.07, 6.45) is -44.2. The second-order valence-corrected chi connectivity index (χ2v) is 29.6. The quantitative estimate of drug-likeness (QED) is 0.0431. The van der Waals surface area contributed by atoms with Crippen LogP contribution < -0.4 is 0 Å². The van der Waals surface area contributed by atoms with Crippen molar-refractivity contribution in [3.05, 3.63) is 11.6 Å². The van der Waals surface area contributed by atoms with Gasteiger partial charge in [0.2, 0.25) is 6.29 Å². The first-order valence-corrected chi connectivity index (χ1v) is 32.2. The van der Waals surface area contributed by atoms with Gasteiger partial charge in [-0.2, -0.15) is 0 Å². The van der Waals surface area contributed by atoms with Crippen molar-refractivity contribution in [3.63, 3.8) is 0 Å². The number of rotatable bonds is 15. The Balaban J connectivity index is 0.986. The minimum Gasteiger partial charge on any atom is -0.481 e. The fraction of sp³-hybridized carbons (Fsp3) is 0.903. The summed E-state index contributed by atoms with van der Waals surface area (Å²) in [7, 11) is 0. The molecule has 0 unspecified atom stereocenters. The molecule has 0 aromatic carbocycles. The Hall–Kier alpha value is -3.30. The van der Waals surface area contributed by atoms with E-state index in [0.717, 1.165) is 12.5 Å². The van der Waals surface area contributed by atoms with Gasteiger partial charge in [0.05, 0.1) is 42.4 Å². The summed E-state index contributed by atoms with van der Waals surface area (Å²) in [5, 5.41) is 174. The Bertz CT molecular complexity index is 2750. The Morgan fingerprint density at radius 2 is 1.05 bits per heavy atom. The molecule has 31 nitrogen and oxygen atoms in total. The molecule has 0 bridgehead atoms. The van der Waals surface area contributed by atoms with Crippen molar-refractivity contribution < 1.29 is 153 Å². The van der Waals surface area contributed by atoms with Gasteiger partial charge in [0.1, 0.15) is 97.7 Å². The first kappa shape index (κ1) is 72.4. The summed E-state index contributed by atoms with van der Waals surface area (Å²) in [6, 6.07) is 0. The van der Waals surface area contributed by atoms with E-state index in [1.54, 1.807) is 0 Å². The van der Waals surface area contributed by atoms with Gasteiger partial charge in [-0.25, -0.2) is 4.79 Å². The largest absolute Gasteiger partial charge is 0.481 e. The number of hydrogen-bond acceptors (Lipinski definition) is 29. The molecule has 530 valence electrons. The summed E-state index contributed by atoms with van der Waals surface area (Å²) in [4.78, 5) is 55.0. The summed E-state index contributed by atoms with van der Waals surface area (Å²) in [6.45, 7) is 14.0. The van der Waals surface area contributed by atoms with E-state index in [0.29, 0.717) is 32.1 Å². The van der Waals surface area contributed by atoms with Crippen LogP contribution in [0.25, 0.3) is 0 Å². The highest BCUT2D eigenvalue weighted by Crippen LogP contribution is 2.76. The normalized spacial score (nSPS) is 53.0. The molecule has 35 atom stereocenters. The van der Waals surface area contributed by atoms with Crippen molar-refractivity contribution in [1.29, 1.82) is 0 Å². The summed E-state index contributed by atoms with van der Waals surface area (Å²) in [5.41, 5.74) is -4.87. The number of esters is 2. The molecular weight excluding hydrogens is 1240 g/mol. The molecule has 9 fully saturated rings. The molecule has 0 spiro atoms. The highest BCUT2D eigenvalue weighted by molar-refractivity contribution is 5.79. The van der Waals surface area contributed by atoms with Crippen LogP contribution in [0.2, 0.25) is 0 Å². The van der Waals surface area contributed by atoms with Crippen LogP contribution in [0.5, 0.6) is 0 Å². The highest BCUT2D eigenvalue weighted by Gasteiger charge is 2.73. The van der Waals surface area contributed by atoms with Crippen LogP contribution in [0.1, 0.15) is 120 Å². The van der Waals surface area contributed by atoms with E-state index >= 15 is 4.79 Å². The first-order valence-electron chi connectivity index (χ1n) is 32.2. The third-order valence-corrected chi connectivity index (χ3v) is 23.8. The molecule has 93 heavy (non-hydrogen) atoms. The summed E-state index contributed by atoms with van der Waals surface area (Å²) in [5.74, 6) is -6.22. The van der Waals surface area contributed by atoms with Crippen LogP contribution >= 0.6 is 0 Å². The Labute approximate surface area is 536 Å². The monoisotopic (exact) mass is 1340 g/mol. The zero-order chi connectivity index (χ0) is 68.5. The van der Waals surface area contributed by atoms with E-state index in [1.165, 1.54) is 20.8 Å². The van der Waals surface area contributed by atoms with Gasteiger partial charge in [-0.05, 0) is 118 Å². The van der Waals surface area contributed by atoms with Crippen LogP contribution in [0.15, 0.2) is 11.6 Å². The standard InChI is InChI=1S/C62H96O31/c1-22-32(67)44(88-50-39(74)35(70)33(68)28(20-63)86-50)42(77)53(83-22)91-47-46(90-51-40(75)36(71)34(69)29(21-64)87-51)43(85-24(3)65)23(2)84-54(47)93-56(82)62-16-14-57(4,5)18-26(62)25-10-11-30-58(6)19-27(66)48(92-52-41(76)37(72)38(73)45(89-52)49(78)79)61(9,55(80)81)31(58)12-13-60(30,8)59(25,7)15-17-62/h10,22-23,26-48,50-54,63-64,66-77H,11-21H2,1-9H3,(H,78,79)(H,80,81)/t22-,23+,26-,27-,28+,29+,30+,31-,32-,33+,34+,35-,36-,37-,38-,39+,40+,41+,42+,43-,44+,45-,46-,47+,48-,50-,51+,52-,53-,54-,58+,59+,60+,61-,62-/m0/s1. The number of aliphatic hydroxyl groups excluding tert-OH is 14. The Morgan fingerprint density at radius 3 is 1.61 bits per heavy atom. The molecule has 10 aliphatic rings. The first-order chi connectivity index (χ1) is 43.4.